The van der Waals surface area contributed by atoms with E-state index >= 15 is 0 Å². The van der Waals surface area contributed by atoms with Gasteiger partial charge in [0.15, 0.2) is 0 Å². The van der Waals surface area contributed by atoms with E-state index in [1.54, 1.807) is 13.4 Å². The molecule has 0 radical (unpaired) electrons. The first kappa shape index (κ1) is 11.2. The lowest BCUT2D eigenvalue weighted by Crippen LogP contribution is -1.96. The van der Waals surface area contributed by atoms with E-state index < -0.39 is 0 Å². The molecule has 16 heavy (non-hydrogen) atoms. The summed E-state index contributed by atoms with van der Waals surface area (Å²) in [5.74, 6) is 0.943. The number of benzene rings is 1. The molecule has 0 unspecified atom stereocenters. The normalized spacial score (nSPS) is 10.4. The van der Waals surface area contributed by atoms with Crippen LogP contribution in [0.4, 0.5) is 0 Å². The van der Waals surface area contributed by atoms with Gasteiger partial charge in [-0.1, -0.05) is 18.2 Å². The molecule has 4 heteroatoms. The van der Waals surface area contributed by atoms with Gasteiger partial charge in [0.2, 0.25) is 0 Å². The lowest BCUT2D eigenvalue weighted by Gasteiger charge is -2.07. The molecule has 1 aromatic heterocycles. The molecule has 0 aliphatic carbocycles. The first-order valence-corrected chi connectivity index (χ1v) is 5.90. The third kappa shape index (κ3) is 2.44. The number of para-hydroxylation sites is 1. The van der Waals surface area contributed by atoms with E-state index in [4.69, 9.17) is 4.74 Å². The van der Waals surface area contributed by atoms with Crippen LogP contribution < -0.4 is 4.74 Å². The van der Waals surface area contributed by atoms with E-state index in [1.807, 2.05) is 18.2 Å². The molecule has 0 saturated carbocycles. The fourth-order valence-corrected chi connectivity index (χ4v) is 2.06. The van der Waals surface area contributed by atoms with Crippen molar-refractivity contribution in [2.75, 3.05) is 7.11 Å². The number of aromatic nitrogens is 2. The maximum absolute atomic E-state index is 5.31. The molecule has 1 N–H and O–H groups in total. The Bertz CT molecular complexity index is 468. The van der Waals surface area contributed by atoms with Crippen LogP contribution >= 0.6 is 15.9 Å². The number of hydrogen-bond donors (Lipinski definition) is 1. The highest BCUT2D eigenvalue weighted by Crippen LogP contribution is 2.20. The van der Waals surface area contributed by atoms with Gasteiger partial charge in [0, 0.05) is 5.69 Å². The molecule has 0 amide bonds. The molecule has 2 aromatic rings. The van der Waals surface area contributed by atoms with E-state index in [1.165, 1.54) is 5.56 Å². The quantitative estimate of drug-likeness (QED) is 0.935. The zero-order valence-electron chi connectivity index (χ0n) is 9.03. The summed E-state index contributed by atoms with van der Waals surface area (Å²) in [6.07, 6.45) is 3.55. The summed E-state index contributed by atoms with van der Waals surface area (Å²) in [5, 5.41) is 0. The lowest BCUT2D eigenvalue weighted by atomic mass is 10.1. The van der Waals surface area contributed by atoms with Gasteiger partial charge in [-0.3, -0.25) is 0 Å². The third-order valence-corrected chi connectivity index (χ3v) is 3.19. The molecule has 1 aromatic carbocycles. The number of H-pyrrole nitrogens is 1. The van der Waals surface area contributed by atoms with Crippen molar-refractivity contribution >= 4 is 15.9 Å². The second-order valence-corrected chi connectivity index (χ2v) is 4.23. The summed E-state index contributed by atoms with van der Waals surface area (Å²) in [6, 6.07) is 8.08. The maximum Gasteiger partial charge on any atom is 0.127 e. The third-order valence-electron chi connectivity index (χ3n) is 2.50. The minimum Gasteiger partial charge on any atom is -0.496 e. The predicted octanol–water partition coefficient (Wildman–Crippen LogP) is 2.97. The van der Waals surface area contributed by atoms with Gasteiger partial charge in [0.25, 0.3) is 0 Å². The van der Waals surface area contributed by atoms with Crippen LogP contribution in [0.15, 0.2) is 35.2 Å². The summed E-state index contributed by atoms with van der Waals surface area (Å²) < 4.78 is 6.20. The average Bonchev–Trinajstić information content (AvgIpc) is 2.72. The summed E-state index contributed by atoms with van der Waals surface area (Å²) >= 11 is 3.40. The Morgan fingerprint density at radius 1 is 1.31 bits per heavy atom. The van der Waals surface area contributed by atoms with Crippen LogP contribution in [-0.4, -0.2) is 17.1 Å². The summed E-state index contributed by atoms with van der Waals surface area (Å²) in [7, 11) is 1.70. The largest absolute Gasteiger partial charge is 0.496 e. The molecule has 2 rings (SSSR count). The van der Waals surface area contributed by atoms with Crippen molar-refractivity contribution in [3.8, 4) is 5.75 Å². The maximum atomic E-state index is 5.31. The number of imidazole rings is 1. The Balaban J connectivity index is 2.07. The molecule has 0 fully saturated rings. The Kier molecular flexibility index (Phi) is 3.62. The smallest absolute Gasteiger partial charge is 0.127 e. The van der Waals surface area contributed by atoms with Crippen molar-refractivity contribution in [1.82, 2.24) is 9.97 Å². The van der Waals surface area contributed by atoms with Crippen LogP contribution in [0.1, 0.15) is 11.3 Å². The molecule has 3 nitrogen and oxygen atoms in total. The topological polar surface area (TPSA) is 37.9 Å². The van der Waals surface area contributed by atoms with Gasteiger partial charge in [-0.25, -0.2) is 4.98 Å². The number of aryl methyl sites for hydroxylation is 2. The highest BCUT2D eigenvalue weighted by molar-refractivity contribution is 9.10. The molecule has 84 valence electrons. The SMILES string of the molecule is COc1ccccc1CCc1[nH]cnc1Br. The number of rotatable bonds is 4. The molecular formula is C12H13BrN2O. The van der Waals surface area contributed by atoms with Crippen LogP contribution in [-0.2, 0) is 12.8 Å². The first-order chi connectivity index (χ1) is 7.81. The number of methoxy groups -OCH3 is 1. The Labute approximate surface area is 103 Å². The van der Waals surface area contributed by atoms with E-state index in [0.29, 0.717) is 0 Å². The molecule has 0 spiro atoms. The Morgan fingerprint density at radius 2 is 2.12 bits per heavy atom. The van der Waals surface area contributed by atoms with Crippen molar-refractivity contribution in [2.45, 2.75) is 12.8 Å². The Morgan fingerprint density at radius 3 is 2.81 bits per heavy atom. The minimum absolute atomic E-state index is 0.891. The van der Waals surface area contributed by atoms with Crippen molar-refractivity contribution in [1.29, 1.82) is 0 Å². The van der Waals surface area contributed by atoms with E-state index in [9.17, 15) is 0 Å². The van der Waals surface area contributed by atoms with Gasteiger partial charge in [-0.05, 0) is 40.4 Å². The van der Waals surface area contributed by atoms with Gasteiger partial charge in [-0.2, -0.15) is 0 Å². The molecule has 0 bridgehead atoms. The van der Waals surface area contributed by atoms with Crippen LogP contribution in [0, 0.1) is 0 Å². The van der Waals surface area contributed by atoms with Gasteiger partial charge >= 0.3 is 0 Å². The van der Waals surface area contributed by atoms with E-state index in [0.717, 1.165) is 28.9 Å². The number of hydrogen-bond acceptors (Lipinski definition) is 2. The van der Waals surface area contributed by atoms with Crippen molar-refractivity contribution in [3.63, 3.8) is 0 Å². The van der Waals surface area contributed by atoms with E-state index in [2.05, 4.69) is 32.0 Å². The van der Waals surface area contributed by atoms with Crippen LogP contribution in [0.25, 0.3) is 0 Å². The standard InChI is InChI=1S/C12H13BrN2O/c1-16-11-5-3-2-4-9(11)6-7-10-12(13)15-8-14-10/h2-5,8H,6-7H2,1H3,(H,14,15). The first-order valence-electron chi connectivity index (χ1n) is 5.11. The Hall–Kier alpha value is -1.29. The summed E-state index contributed by atoms with van der Waals surface area (Å²) in [4.78, 5) is 7.22. The van der Waals surface area contributed by atoms with Crippen LogP contribution in [0.3, 0.4) is 0 Å². The van der Waals surface area contributed by atoms with Gasteiger partial charge in [0.1, 0.15) is 10.4 Å². The molecule has 0 saturated heterocycles. The monoisotopic (exact) mass is 280 g/mol. The number of nitrogens with one attached hydrogen (secondary N) is 1. The second kappa shape index (κ2) is 5.16. The van der Waals surface area contributed by atoms with Gasteiger partial charge in [0.05, 0.1) is 13.4 Å². The second-order valence-electron chi connectivity index (χ2n) is 3.48. The number of halogens is 1. The highest BCUT2D eigenvalue weighted by atomic mass is 79.9. The molecule has 0 atom stereocenters. The van der Waals surface area contributed by atoms with Crippen molar-refractivity contribution < 1.29 is 4.74 Å². The van der Waals surface area contributed by atoms with Crippen LogP contribution in [0.5, 0.6) is 5.75 Å². The number of nitrogens with zero attached hydrogens (tertiary/aromatic N) is 1. The predicted molar refractivity (Wildman–Crippen MR) is 66.7 cm³/mol. The molecule has 0 aliphatic rings. The average molecular weight is 281 g/mol. The van der Waals surface area contributed by atoms with Gasteiger partial charge in [-0.15, -0.1) is 0 Å². The lowest BCUT2D eigenvalue weighted by molar-refractivity contribution is 0.409. The molecule has 0 aliphatic heterocycles. The highest BCUT2D eigenvalue weighted by Gasteiger charge is 2.05. The zero-order valence-corrected chi connectivity index (χ0v) is 10.6. The summed E-state index contributed by atoms with van der Waals surface area (Å²) in [5.41, 5.74) is 2.33. The number of aromatic amines is 1. The van der Waals surface area contributed by atoms with Gasteiger partial charge < -0.3 is 9.72 Å². The fraction of sp³-hybridized carbons (Fsp3) is 0.250. The molecule has 1 heterocycles. The van der Waals surface area contributed by atoms with Crippen molar-refractivity contribution in [2.24, 2.45) is 0 Å². The fourth-order valence-electron chi connectivity index (χ4n) is 1.65. The minimum atomic E-state index is 0.891. The summed E-state index contributed by atoms with van der Waals surface area (Å²) in [6.45, 7) is 0. The zero-order chi connectivity index (χ0) is 11.4. The number of ether oxygens (including phenoxy) is 1. The van der Waals surface area contributed by atoms with Crippen molar-refractivity contribution in [3.05, 3.63) is 46.5 Å². The van der Waals surface area contributed by atoms with E-state index in [-0.39, 0.29) is 0 Å². The molecular weight excluding hydrogens is 268 g/mol. The van der Waals surface area contributed by atoms with Crippen LogP contribution in [0.2, 0.25) is 0 Å².